The van der Waals surface area contributed by atoms with Crippen LogP contribution in [0.1, 0.15) is 12.7 Å². The van der Waals surface area contributed by atoms with Crippen LogP contribution in [0.5, 0.6) is 5.75 Å². The molecule has 0 saturated carbocycles. The van der Waals surface area contributed by atoms with Gasteiger partial charge in [-0.25, -0.2) is 5.10 Å². The number of allylic oxidation sites excluding steroid dienone is 1. The molecular weight excluding hydrogens is 324 g/mol. The van der Waals surface area contributed by atoms with Crippen molar-refractivity contribution in [1.29, 1.82) is 0 Å². The highest BCUT2D eigenvalue weighted by Gasteiger charge is 2.08. The molecule has 3 rings (SSSR count). The third-order valence-corrected chi connectivity index (χ3v) is 3.55. The monoisotopic (exact) mass is 340 g/mol. The molecule has 0 aliphatic rings. The molecular formula is C17H16N4O2S. The Morgan fingerprint density at radius 2 is 2.12 bits per heavy atom. The summed E-state index contributed by atoms with van der Waals surface area (Å²) in [5.41, 5.74) is 1.81. The lowest BCUT2D eigenvalue weighted by molar-refractivity contribution is 0.415. The van der Waals surface area contributed by atoms with Gasteiger partial charge in [-0.15, -0.1) is 0 Å². The topological polar surface area (TPSA) is 68.3 Å². The summed E-state index contributed by atoms with van der Waals surface area (Å²) in [7, 11) is 1.63. The average Bonchev–Trinajstić information content (AvgIpc) is 3.23. The van der Waals surface area contributed by atoms with Gasteiger partial charge in [0.1, 0.15) is 11.5 Å². The number of nitrogens with zero attached hydrogens (tertiary/aromatic N) is 3. The van der Waals surface area contributed by atoms with Gasteiger partial charge < -0.3 is 9.15 Å². The van der Waals surface area contributed by atoms with Gasteiger partial charge in [0.15, 0.2) is 5.82 Å². The zero-order valence-electron chi connectivity index (χ0n) is 13.3. The van der Waals surface area contributed by atoms with Gasteiger partial charge in [0.05, 0.1) is 19.6 Å². The summed E-state index contributed by atoms with van der Waals surface area (Å²) >= 11 is 5.26. The van der Waals surface area contributed by atoms with Crippen molar-refractivity contribution < 1.29 is 9.15 Å². The molecule has 6 nitrogen and oxygen atoms in total. The second-order valence-corrected chi connectivity index (χ2v) is 5.43. The Balaban J connectivity index is 1.90. The summed E-state index contributed by atoms with van der Waals surface area (Å²) in [4.78, 5) is 0. The number of aromatic amines is 1. The van der Waals surface area contributed by atoms with Crippen molar-refractivity contribution in [3.63, 3.8) is 0 Å². The molecule has 1 aromatic carbocycles. The normalized spacial score (nSPS) is 12.0. The number of H-pyrrole nitrogens is 1. The molecule has 122 valence electrons. The van der Waals surface area contributed by atoms with E-state index in [-0.39, 0.29) is 0 Å². The third-order valence-electron chi connectivity index (χ3n) is 3.29. The molecule has 2 aromatic heterocycles. The quantitative estimate of drug-likeness (QED) is 0.560. The summed E-state index contributed by atoms with van der Waals surface area (Å²) in [5, 5.41) is 11.4. The molecule has 2 heterocycles. The molecule has 0 atom stereocenters. The van der Waals surface area contributed by atoms with Crippen LogP contribution in [0.3, 0.4) is 0 Å². The molecule has 0 radical (unpaired) electrons. The van der Waals surface area contributed by atoms with E-state index in [0.717, 1.165) is 22.6 Å². The van der Waals surface area contributed by atoms with Crippen LogP contribution in [0.2, 0.25) is 0 Å². The molecule has 0 saturated heterocycles. The van der Waals surface area contributed by atoms with Crippen molar-refractivity contribution in [1.82, 2.24) is 14.9 Å². The Labute approximate surface area is 144 Å². The average molecular weight is 340 g/mol. The fraction of sp³-hybridized carbons (Fsp3) is 0.118. The van der Waals surface area contributed by atoms with Crippen LogP contribution < -0.4 is 4.74 Å². The molecule has 0 fully saturated rings. The van der Waals surface area contributed by atoms with Crippen LogP contribution in [0.4, 0.5) is 0 Å². The molecule has 0 aliphatic heterocycles. The number of rotatable bonds is 5. The molecule has 0 bridgehead atoms. The second-order valence-electron chi connectivity index (χ2n) is 5.04. The largest absolute Gasteiger partial charge is 0.497 e. The summed E-state index contributed by atoms with van der Waals surface area (Å²) < 4.78 is 12.5. The van der Waals surface area contributed by atoms with E-state index in [1.807, 2.05) is 49.4 Å². The second kappa shape index (κ2) is 7.10. The van der Waals surface area contributed by atoms with Gasteiger partial charge in [0.2, 0.25) is 4.77 Å². The lowest BCUT2D eigenvalue weighted by atomic mass is 10.2. The first kappa shape index (κ1) is 15.9. The van der Waals surface area contributed by atoms with Crippen molar-refractivity contribution in [2.45, 2.75) is 6.92 Å². The minimum absolute atomic E-state index is 0.419. The van der Waals surface area contributed by atoms with Gasteiger partial charge in [0.25, 0.3) is 0 Å². The minimum atomic E-state index is 0.419. The van der Waals surface area contributed by atoms with Crippen LogP contribution in [-0.2, 0) is 0 Å². The van der Waals surface area contributed by atoms with E-state index in [1.54, 1.807) is 24.3 Å². The molecule has 0 aliphatic carbocycles. The molecule has 3 aromatic rings. The highest BCUT2D eigenvalue weighted by molar-refractivity contribution is 7.71. The van der Waals surface area contributed by atoms with Gasteiger partial charge in [-0.3, -0.25) is 0 Å². The van der Waals surface area contributed by atoms with Crippen LogP contribution in [0, 0.1) is 4.77 Å². The lowest BCUT2D eigenvalue weighted by Gasteiger charge is -2.03. The molecule has 0 amide bonds. The van der Waals surface area contributed by atoms with Gasteiger partial charge in [-0.2, -0.15) is 14.9 Å². The van der Waals surface area contributed by atoms with Gasteiger partial charge in [0, 0.05) is 5.56 Å². The van der Waals surface area contributed by atoms with E-state index in [2.05, 4.69) is 15.3 Å². The van der Waals surface area contributed by atoms with E-state index in [1.165, 1.54) is 0 Å². The van der Waals surface area contributed by atoms with E-state index in [4.69, 9.17) is 21.4 Å². The summed E-state index contributed by atoms with van der Waals surface area (Å²) in [5.74, 6) is 2.18. The minimum Gasteiger partial charge on any atom is -0.497 e. The Bertz CT molecular complexity index is 918. The first-order valence-electron chi connectivity index (χ1n) is 7.25. The maximum absolute atomic E-state index is 5.28. The van der Waals surface area contributed by atoms with Crippen molar-refractivity contribution >= 4 is 24.5 Å². The number of hydrogen-bond donors (Lipinski definition) is 1. The fourth-order valence-electron chi connectivity index (χ4n) is 2.11. The summed E-state index contributed by atoms with van der Waals surface area (Å²) in [6, 6.07) is 11.3. The number of methoxy groups -OCH3 is 1. The number of furan rings is 1. The van der Waals surface area contributed by atoms with Gasteiger partial charge in [-0.05, 0) is 67.2 Å². The summed E-state index contributed by atoms with van der Waals surface area (Å²) in [6.07, 6.45) is 5.23. The maximum atomic E-state index is 5.28. The maximum Gasteiger partial charge on any atom is 0.216 e. The standard InChI is InChI=1S/C17H16N4O2S/c1-12(10-15-4-3-9-23-15)11-18-21-16(19-20-17(21)24)13-5-7-14(22-2)8-6-13/h3-11H,1-2H3,(H,20,24)/b12-10-,18-11-. The Hall–Kier alpha value is -2.93. The van der Waals surface area contributed by atoms with E-state index < -0.39 is 0 Å². The van der Waals surface area contributed by atoms with E-state index >= 15 is 0 Å². The van der Waals surface area contributed by atoms with Crippen molar-refractivity contribution in [2.24, 2.45) is 5.10 Å². The first-order valence-corrected chi connectivity index (χ1v) is 7.66. The molecule has 7 heteroatoms. The van der Waals surface area contributed by atoms with Crippen LogP contribution >= 0.6 is 12.2 Å². The highest BCUT2D eigenvalue weighted by Crippen LogP contribution is 2.20. The van der Waals surface area contributed by atoms with Gasteiger partial charge in [-0.1, -0.05) is 0 Å². The number of ether oxygens (including phenoxy) is 1. The lowest BCUT2D eigenvalue weighted by Crippen LogP contribution is -1.95. The Morgan fingerprint density at radius 3 is 2.79 bits per heavy atom. The highest BCUT2D eigenvalue weighted by atomic mass is 32.1. The van der Waals surface area contributed by atoms with E-state index in [9.17, 15) is 0 Å². The molecule has 0 spiro atoms. The van der Waals surface area contributed by atoms with Crippen molar-refractivity contribution in [2.75, 3.05) is 7.11 Å². The van der Waals surface area contributed by atoms with Gasteiger partial charge >= 0.3 is 0 Å². The van der Waals surface area contributed by atoms with Crippen LogP contribution in [0.25, 0.3) is 17.5 Å². The molecule has 24 heavy (non-hydrogen) atoms. The SMILES string of the molecule is COc1ccc(-c2n[nH]c(=S)n2/N=C\C(C)=C/c2ccco2)cc1. The molecule has 0 unspecified atom stereocenters. The fourth-order valence-corrected chi connectivity index (χ4v) is 2.29. The van der Waals surface area contributed by atoms with E-state index in [0.29, 0.717) is 10.6 Å². The zero-order valence-corrected chi connectivity index (χ0v) is 14.1. The smallest absolute Gasteiger partial charge is 0.216 e. The number of hydrogen-bond acceptors (Lipinski definition) is 5. The summed E-state index contributed by atoms with van der Waals surface area (Å²) in [6.45, 7) is 1.93. The number of aromatic nitrogens is 3. The predicted octanol–water partition coefficient (Wildman–Crippen LogP) is 4.15. The first-order chi connectivity index (χ1) is 11.7. The predicted molar refractivity (Wildman–Crippen MR) is 95.6 cm³/mol. The molecule has 1 N–H and O–H groups in total. The Kier molecular flexibility index (Phi) is 4.72. The number of benzene rings is 1. The van der Waals surface area contributed by atoms with Crippen molar-refractivity contribution in [3.05, 3.63) is 58.8 Å². The van der Waals surface area contributed by atoms with Crippen molar-refractivity contribution in [3.8, 4) is 17.1 Å². The zero-order chi connectivity index (χ0) is 16.9. The number of nitrogens with one attached hydrogen (secondary N) is 1. The Morgan fingerprint density at radius 1 is 1.33 bits per heavy atom. The van der Waals surface area contributed by atoms with Crippen LogP contribution in [-0.4, -0.2) is 28.2 Å². The third kappa shape index (κ3) is 3.52. The van der Waals surface area contributed by atoms with Crippen LogP contribution in [0.15, 0.2) is 57.8 Å².